The van der Waals surface area contributed by atoms with E-state index in [9.17, 15) is 14.7 Å². The van der Waals surface area contributed by atoms with Crippen LogP contribution in [0.1, 0.15) is 37.4 Å². The van der Waals surface area contributed by atoms with Crippen LogP contribution in [-0.2, 0) is 4.79 Å². The molecule has 3 N–H and O–H groups in total. The van der Waals surface area contributed by atoms with E-state index in [0.29, 0.717) is 23.1 Å². The van der Waals surface area contributed by atoms with Gasteiger partial charge in [-0.25, -0.2) is 9.78 Å². The zero-order valence-electron chi connectivity index (χ0n) is 13.4. The van der Waals surface area contributed by atoms with Crippen molar-refractivity contribution in [1.29, 1.82) is 0 Å². The monoisotopic (exact) mass is 342 g/mol. The van der Waals surface area contributed by atoms with Gasteiger partial charge in [-0.1, -0.05) is 17.3 Å². The summed E-state index contributed by atoms with van der Waals surface area (Å²) in [7, 11) is 0. The van der Waals surface area contributed by atoms with Crippen molar-refractivity contribution in [2.45, 2.75) is 43.8 Å². The van der Waals surface area contributed by atoms with Gasteiger partial charge < -0.3 is 20.2 Å². The van der Waals surface area contributed by atoms with Crippen LogP contribution in [0, 0.1) is 0 Å². The molecule has 0 amide bonds. The Hall–Kier alpha value is -2.74. The third-order valence-corrected chi connectivity index (χ3v) is 5.14. The SMILES string of the molecule is O=C(O)/C(=N\O)c1nc2ccccc2n(C2CC3CCC(C2)N3)c1=O. The fourth-order valence-electron chi connectivity index (χ4n) is 4.10. The van der Waals surface area contributed by atoms with Crippen molar-refractivity contribution in [1.82, 2.24) is 14.9 Å². The summed E-state index contributed by atoms with van der Waals surface area (Å²) in [5.74, 6) is -1.49. The van der Waals surface area contributed by atoms with E-state index in [1.54, 1.807) is 16.7 Å². The van der Waals surface area contributed by atoms with Crippen LogP contribution in [0.4, 0.5) is 0 Å². The fraction of sp³-hybridized carbons (Fsp3) is 0.412. The standard InChI is InChI=1S/C17H18N4O4/c22-16-14(15(20-25)17(23)24)19-12-3-1-2-4-13(12)21(16)11-7-9-5-6-10(8-11)18-9/h1-4,9-11,18,25H,5-8H2,(H,23,24)/b20-15-. The predicted molar refractivity (Wildman–Crippen MR) is 90.2 cm³/mol. The largest absolute Gasteiger partial charge is 0.476 e. The number of hydrogen-bond donors (Lipinski definition) is 3. The van der Waals surface area contributed by atoms with Crippen molar-refractivity contribution in [3.63, 3.8) is 0 Å². The molecule has 130 valence electrons. The molecule has 2 aliphatic heterocycles. The van der Waals surface area contributed by atoms with Crippen LogP contribution in [0.3, 0.4) is 0 Å². The van der Waals surface area contributed by atoms with Gasteiger partial charge in [0.15, 0.2) is 5.69 Å². The van der Waals surface area contributed by atoms with E-state index < -0.39 is 17.2 Å². The molecule has 0 spiro atoms. The van der Waals surface area contributed by atoms with Crippen molar-refractivity contribution < 1.29 is 15.1 Å². The number of piperidine rings is 1. The molecular formula is C17H18N4O4. The summed E-state index contributed by atoms with van der Waals surface area (Å²) in [5, 5.41) is 24.6. The van der Waals surface area contributed by atoms with Crippen LogP contribution in [-0.4, -0.2) is 43.6 Å². The average Bonchev–Trinajstić information content (AvgIpc) is 2.94. The van der Waals surface area contributed by atoms with E-state index in [-0.39, 0.29) is 11.7 Å². The van der Waals surface area contributed by atoms with Crippen LogP contribution < -0.4 is 10.9 Å². The Morgan fingerprint density at radius 1 is 1.24 bits per heavy atom. The van der Waals surface area contributed by atoms with Gasteiger partial charge in [0.25, 0.3) is 5.56 Å². The first kappa shape index (κ1) is 15.8. The second-order valence-corrected chi connectivity index (χ2v) is 6.64. The van der Waals surface area contributed by atoms with Crippen molar-refractivity contribution in [2.75, 3.05) is 0 Å². The number of nitrogens with one attached hydrogen (secondary N) is 1. The quantitative estimate of drug-likeness (QED) is 0.437. The first-order valence-electron chi connectivity index (χ1n) is 8.31. The highest BCUT2D eigenvalue weighted by molar-refractivity contribution is 6.41. The third kappa shape index (κ3) is 2.58. The zero-order chi connectivity index (χ0) is 17.6. The maximum Gasteiger partial charge on any atom is 0.360 e. The molecule has 2 atom stereocenters. The molecule has 0 radical (unpaired) electrons. The number of hydrogen-bond acceptors (Lipinski definition) is 6. The molecule has 2 fully saturated rings. The lowest BCUT2D eigenvalue weighted by Crippen LogP contribution is -2.42. The maximum atomic E-state index is 13.0. The second-order valence-electron chi connectivity index (χ2n) is 6.64. The third-order valence-electron chi connectivity index (χ3n) is 5.14. The van der Waals surface area contributed by atoms with E-state index in [1.165, 1.54) is 0 Å². The number of rotatable bonds is 3. The number of aromatic nitrogens is 2. The molecule has 1 aromatic carbocycles. The van der Waals surface area contributed by atoms with Crippen LogP contribution in [0.25, 0.3) is 11.0 Å². The molecule has 8 heteroatoms. The molecule has 0 aliphatic carbocycles. The Labute approximate surface area is 142 Å². The first-order valence-corrected chi connectivity index (χ1v) is 8.31. The predicted octanol–water partition coefficient (Wildman–Crippen LogP) is 1.11. The number of carboxylic acids is 1. The number of carboxylic acid groups (broad SMARTS) is 1. The molecule has 2 saturated heterocycles. The summed E-state index contributed by atoms with van der Waals surface area (Å²) >= 11 is 0. The number of benzene rings is 1. The lowest BCUT2D eigenvalue weighted by Gasteiger charge is -2.31. The molecule has 8 nitrogen and oxygen atoms in total. The minimum atomic E-state index is -1.49. The molecule has 1 aromatic heterocycles. The van der Waals surface area contributed by atoms with Crippen LogP contribution in [0.5, 0.6) is 0 Å². The van der Waals surface area contributed by atoms with Crippen molar-refractivity contribution in [3.8, 4) is 0 Å². The van der Waals surface area contributed by atoms with Gasteiger partial charge in [-0.05, 0) is 37.8 Å². The first-order chi connectivity index (χ1) is 12.1. The molecule has 4 rings (SSSR count). The van der Waals surface area contributed by atoms with E-state index in [2.05, 4.69) is 15.5 Å². The van der Waals surface area contributed by atoms with Gasteiger partial charge >= 0.3 is 5.97 Å². The van der Waals surface area contributed by atoms with Gasteiger partial charge in [-0.15, -0.1) is 0 Å². The lowest BCUT2D eigenvalue weighted by atomic mass is 9.99. The molecule has 3 heterocycles. The van der Waals surface area contributed by atoms with Crippen molar-refractivity contribution in [2.24, 2.45) is 5.16 Å². The number of carbonyl (C=O) groups is 1. The second kappa shape index (κ2) is 5.96. The molecule has 0 saturated carbocycles. The van der Waals surface area contributed by atoms with E-state index in [4.69, 9.17) is 5.21 Å². The minimum Gasteiger partial charge on any atom is -0.476 e. The Kier molecular flexibility index (Phi) is 3.76. The highest BCUT2D eigenvalue weighted by Gasteiger charge is 2.36. The number of oxime groups is 1. The van der Waals surface area contributed by atoms with Crippen LogP contribution >= 0.6 is 0 Å². The van der Waals surface area contributed by atoms with E-state index in [1.807, 2.05) is 12.1 Å². The normalized spacial score (nSPS) is 26.1. The Bertz CT molecular complexity index is 924. The maximum absolute atomic E-state index is 13.0. The van der Waals surface area contributed by atoms with Crippen molar-refractivity contribution in [3.05, 3.63) is 40.3 Å². The molecule has 2 aromatic rings. The molecular weight excluding hydrogens is 324 g/mol. The summed E-state index contributed by atoms with van der Waals surface area (Å²) in [6.07, 6.45) is 3.79. The van der Waals surface area contributed by atoms with Gasteiger partial charge in [0, 0.05) is 18.1 Å². The van der Waals surface area contributed by atoms with E-state index >= 15 is 0 Å². The number of para-hydroxylation sites is 2. The molecule has 25 heavy (non-hydrogen) atoms. The van der Waals surface area contributed by atoms with E-state index in [0.717, 1.165) is 25.7 Å². The molecule has 2 unspecified atom stereocenters. The lowest BCUT2D eigenvalue weighted by molar-refractivity contribution is -0.129. The van der Waals surface area contributed by atoms with Gasteiger partial charge in [0.2, 0.25) is 5.71 Å². The summed E-state index contributed by atoms with van der Waals surface area (Å²) in [6, 6.07) is 7.85. The van der Waals surface area contributed by atoms with Crippen LogP contribution in [0.15, 0.2) is 34.2 Å². The van der Waals surface area contributed by atoms with Gasteiger partial charge in [-0.3, -0.25) is 4.79 Å². The van der Waals surface area contributed by atoms with Gasteiger partial charge in [0.05, 0.1) is 11.0 Å². The molecule has 2 aliphatic rings. The zero-order valence-corrected chi connectivity index (χ0v) is 13.4. The average molecular weight is 342 g/mol. The minimum absolute atomic E-state index is 0.0355. The Morgan fingerprint density at radius 2 is 1.92 bits per heavy atom. The van der Waals surface area contributed by atoms with Crippen LogP contribution in [0.2, 0.25) is 0 Å². The smallest absolute Gasteiger partial charge is 0.360 e. The number of fused-ring (bicyclic) bond motifs is 3. The summed E-state index contributed by atoms with van der Waals surface area (Å²) in [4.78, 5) is 28.5. The summed E-state index contributed by atoms with van der Waals surface area (Å²) in [6.45, 7) is 0. The summed E-state index contributed by atoms with van der Waals surface area (Å²) < 4.78 is 1.64. The highest BCUT2D eigenvalue weighted by atomic mass is 16.4. The number of aliphatic carboxylic acids is 1. The van der Waals surface area contributed by atoms with Crippen molar-refractivity contribution >= 4 is 22.7 Å². The Morgan fingerprint density at radius 3 is 2.56 bits per heavy atom. The summed E-state index contributed by atoms with van der Waals surface area (Å²) in [5.41, 5.74) is -0.420. The number of nitrogens with zero attached hydrogens (tertiary/aromatic N) is 3. The highest BCUT2D eigenvalue weighted by Crippen LogP contribution is 2.34. The Balaban J connectivity index is 1.94. The van der Waals surface area contributed by atoms with Gasteiger partial charge in [0.1, 0.15) is 0 Å². The molecule has 2 bridgehead atoms. The van der Waals surface area contributed by atoms with Gasteiger partial charge in [-0.2, -0.15) is 0 Å². The topological polar surface area (TPSA) is 117 Å². The fourth-order valence-corrected chi connectivity index (χ4v) is 4.10.